The zero-order chi connectivity index (χ0) is 14.1. The van der Waals surface area contributed by atoms with E-state index in [0.717, 1.165) is 31.3 Å². The molecule has 0 unspecified atom stereocenters. The Morgan fingerprint density at radius 1 is 1.37 bits per heavy atom. The van der Waals surface area contributed by atoms with Crippen LogP contribution in [0.2, 0.25) is 0 Å². The van der Waals surface area contributed by atoms with Gasteiger partial charge in [0.1, 0.15) is 5.76 Å². The smallest absolute Gasteiger partial charge is 0.371 e. The molecule has 1 N–H and O–H groups in total. The fourth-order valence-electron chi connectivity index (χ4n) is 1.34. The topological polar surface area (TPSA) is 80.7 Å². The minimum absolute atomic E-state index is 0.0231. The van der Waals surface area contributed by atoms with E-state index in [1.54, 1.807) is 6.07 Å². The van der Waals surface area contributed by atoms with E-state index in [9.17, 15) is 9.59 Å². The quantitative estimate of drug-likeness (QED) is 0.837. The molecule has 5 nitrogen and oxygen atoms in total. The third-order valence-electron chi connectivity index (χ3n) is 2.31. The highest BCUT2D eigenvalue weighted by Gasteiger charge is 2.01. The van der Waals surface area contributed by atoms with Crippen LogP contribution in [0, 0.1) is 0 Å². The molecule has 0 amide bonds. The van der Waals surface area contributed by atoms with E-state index >= 15 is 0 Å². The SMILES string of the molecule is CCCCc1ccc(C=O)o1.O=C(O)c1ccco1. The van der Waals surface area contributed by atoms with Gasteiger partial charge in [-0.25, -0.2) is 4.79 Å². The van der Waals surface area contributed by atoms with Crippen LogP contribution in [0.1, 0.15) is 46.6 Å². The summed E-state index contributed by atoms with van der Waals surface area (Å²) in [6.45, 7) is 2.13. The lowest BCUT2D eigenvalue weighted by Gasteiger charge is -1.91. The molecule has 2 aromatic heterocycles. The summed E-state index contributed by atoms with van der Waals surface area (Å²) < 4.78 is 9.66. The summed E-state index contributed by atoms with van der Waals surface area (Å²) in [5.41, 5.74) is 0. The van der Waals surface area contributed by atoms with E-state index in [1.165, 1.54) is 18.4 Å². The zero-order valence-electron chi connectivity index (χ0n) is 10.7. The van der Waals surface area contributed by atoms with Crippen LogP contribution in [-0.2, 0) is 6.42 Å². The molecule has 0 aliphatic heterocycles. The Balaban J connectivity index is 0.000000200. The van der Waals surface area contributed by atoms with Crippen LogP contribution in [0.25, 0.3) is 0 Å². The van der Waals surface area contributed by atoms with Crippen molar-refractivity contribution in [1.82, 2.24) is 0 Å². The number of carbonyl (C=O) groups is 2. The number of unbranched alkanes of at least 4 members (excludes halogenated alkanes) is 1. The van der Waals surface area contributed by atoms with Crippen LogP contribution in [0.5, 0.6) is 0 Å². The molecule has 0 saturated heterocycles. The summed E-state index contributed by atoms with van der Waals surface area (Å²) in [7, 11) is 0. The fourth-order valence-corrected chi connectivity index (χ4v) is 1.34. The maximum Gasteiger partial charge on any atom is 0.371 e. The molecule has 0 aromatic carbocycles. The predicted octanol–water partition coefficient (Wildman–Crippen LogP) is 3.41. The van der Waals surface area contributed by atoms with Crippen LogP contribution >= 0.6 is 0 Å². The predicted molar refractivity (Wildman–Crippen MR) is 68.4 cm³/mol. The van der Waals surface area contributed by atoms with Gasteiger partial charge in [0.25, 0.3) is 0 Å². The molecule has 0 aliphatic carbocycles. The van der Waals surface area contributed by atoms with E-state index in [1.807, 2.05) is 6.07 Å². The number of carbonyl (C=O) groups excluding carboxylic acids is 1. The molecule has 2 heterocycles. The second-order valence-electron chi connectivity index (χ2n) is 3.81. The number of aldehydes is 1. The normalized spacial score (nSPS) is 9.53. The molecule has 5 heteroatoms. The van der Waals surface area contributed by atoms with Crippen molar-refractivity contribution < 1.29 is 23.5 Å². The average molecular weight is 264 g/mol. The van der Waals surface area contributed by atoms with E-state index < -0.39 is 5.97 Å². The van der Waals surface area contributed by atoms with Crippen molar-refractivity contribution >= 4 is 12.3 Å². The molecule has 102 valence electrons. The van der Waals surface area contributed by atoms with Gasteiger partial charge >= 0.3 is 5.97 Å². The van der Waals surface area contributed by atoms with Gasteiger partial charge in [0.05, 0.1) is 6.26 Å². The first-order valence-electron chi connectivity index (χ1n) is 5.98. The summed E-state index contributed by atoms with van der Waals surface area (Å²) in [4.78, 5) is 20.2. The van der Waals surface area contributed by atoms with Crippen LogP contribution in [-0.4, -0.2) is 17.4 Å². The largest absolute Gasteiger partial charge is 0.475 e. The Kier molecular flexibility index (Phi) is 6.15. The summed E-state index contributed by atoms with van der Waals surface area (Å²) >= 11 is 0. The van der Waals surface area contributed by atoms with Gasteiger partial charge in [0, 0.05) is 6.42 Å². The van der Waals surface area contributed by atoms with Gasteiger partial charge in [-0.3, -0.25) is 4.79 Å². The van der Waals surface area contributed by atoms with Gasteiger partial charge in [0.2, 0.25) is 5.76 Å². The molecule has 0 bridgehead atoms. The van der Waals surface area contributed by atoms with Crippen LogP contribution in [0.3, 0.4) is 0 Å². The summed E-state index contributed by atoms with van der Waals surface area (Å²) in [6.07, 6.45) is 5.26. The number of carboxylic acids is 1. The second kappa shape index (κ2) is 7.92. The maximum atomic E-state index is 10.2. The van der Waals surface area contributed by atoms with E-state index in [0.29, 0.717) is 5.76 Å². The Hall–Kier alpha value is -2.30. The zero-order valence-corrected chi connectivity index (χ0v) is 10.7. The molecule has 0 atom stereocenters. The first-order valence-corrected chi connectivity index (χ1v) is 5.98. The average Bonchev–Trinajstić information content (AvgIpc) is 3.08. The Bertz CT molecular complexity index is 496. The van der Waals surface area contributed by atoms with Gasteiger partial charge < -0.3 is 13.9 Å². The molecule has 0 aliphatic rings. The molecule has 0 saturated carbocycles. The van der Waals surface area contributed by atoms with Gasteiger partial charge in [-0.05, 0) is 30.7 Å². The van der Waals surface area contributed by atoms with Crippen molar-refractivity contribution in [3.05, 3.63) is 47.8 Å². The van der Waals surface area contributed by atoms with Crippen LogP contribution in [0.15, 0.2) is 39.4 Å². The van der Waals surface area contributed by atoms with E-state index in [-0.39, 0.29) is 5.76 Å². The second-order valence-corrected chi connectivity index (χ2v) is 3.81. The van der Waals surface area contributed by atoms with E-state index in [2.05, 4.69) is 11.3 Å². The number of aryl methyl sites for hydroxylation is 1. The minimum Gasteiger partial charge on any atom is -0.475 e. The molecule has 0 radical (unpaired) electrons. The Morgan fingerprint density at radius 2 is 2.16 bits per heavy atom. The highest BCUT2D eigenvalue weighted by atomic mass is 16.4. The van der Waals surface area contributed by atoms with Gasteiger partial charge in [-0.1, -0.05) is 13.3 Å². The molecule has 2 rings (SSSR count). The van der Waals surface area contributed by atoms with Gasteiger partial charge in [0.15, 0.2) is 12.0 Å². The van der Waals surface area contributed by atoms with E-state index in [4.69, 9.17) is 9.52 Å². The molecule has 0 spiro atoms. The van der Waals surface area contributed by atoms with Crippen molar-refractivity contribution in [2.75, 3.05) is 0 Å². The highest BCUT2D eigenvalue weighted by Crippen LogP contribution is 2.08. The third-order valence-corrected chi connectivity index (χ3v) is 2.31. The highest BCUT2D eigenvalue weighted by molar-refractivity contribution is 5.84. The molecule has 19 heavy (non-hydrogen) atoms. The van der Waals surface area contributed by atoms with Crippen molar-refractivity contribution in [2.24, 2.45) is 0 Å². The lowest BCUT2D eigenvalue weighted by atomic mass is 10.2. The maximum absolute atomic E-state index is 10.2. The van der Waals surface area contributed by atoms with Crippen molar-refractivity contribution in [3.8, 4) is 0 Å². The van der Waals surface area contributed by atoms with Gasteiger partial charge in [-0.2, -0.15) is 0 Å². The summed E-state index contributed by atoms with van der Waals surface area (Å²) in [5, 5.41) is 8.18. The summed E-state index contributed by atoms with van der Waals surface area (Å²) in [5.74, 6) is 0.282. The third kappa shape index (κ3) is 5.25. The number of hydrogen-bond acceptors (Lipinski definition) is 4. The summed E-state index contributed by atoms with van der Waals surface area (Å²) in [6, 6.07) is 6.49. The fraction of sp³-hybridized carbons (Fsp3) is 0.286. The molecular formula is C14H16O5. The minimum atomic E-state index is -1.03. The monoisotopic (exact) mass is 264 g/mol. The van der Waals surface area contributed by atoms with Crippen molar-refractivity contribution in [2.45, 2.75) is 26.2 Å². The Morgan fingerprint density at radius 3 is 2.58 bits per heavy atom. The number of carboxylic acid groups (broad SMARTS) is 1. The number of hydrogen-bond donors (Lipinski definition) is 1. The first kappa shape index (κ1) is 14.8. The van der Waals surface area contributed by atoms with Crippen molar-refractivity contribution in [3.63, 3.8) is 0 Å². The molecule has 2 aromatic rings. The van der Waals surface area contributed by atoms with Crippen LogP contribution in [0.4, 0.5) is 0 Å². The number of rotatable bonds is 5. The molecule has 0 fully saturated rings. The molecular weight excluding hydrogens is 248 g/mol. The number of furan rings is 2. The van der Waals surface area contributed by atoms with Gasteiger partial charge in [-0.15, -0.1) is 0 Å². The lowest BCUT2D eigenvalue weighted by Crippen LogP contribution is -1.90. The Labute approximate surface area is 110 Å². The van der Waals surface area contributed by atoms with Crippen molar-refractivity contribution in [1.29, 1.82) is 0 Å². The first-order chi connectivity index (χ1) is 9.17. The lowest BCUT2D eigenvalue weighted by molar-refractivity contribution is 0.0662. The number of aromatic carboxylic acids is 1. The van der Waals surface area contributed by atoms with Crippen LogP contribution < -0.4 is 0 Å². The standard InChI is InChI=1S/C9H12O2.C5H4O3/c1-2-3-4-8-5-6-9(7-10)11-8;6-5(7)4-2-1-3-8-4/h5-7H,2-4H2,1H3;1-3H,(H,6,7).